The maximum absolute atomic E-state index is 12.5. The van der Waals surface area contributed by atoms with Crippen LogP contribution in [0.15, 0.2) is 42.7 Å². The van der Waals surface area contributed by atoms with Gasteiger partial charge in [0.25, 0.3) is 5.91 Å². The van der Waals surface area contributed by atoms with Crippen LogP contribution in [0.2, 0.25) is 0 Å². The van der Waals surface area contributed by atoms with Crippen LogP contribution in [-0.2, 0) is 0 Å². The topological polar surface area (TPSA) is 50.2 Å². The van der Waals surface area contributed by atoms with E-state index in [4.69, 9.17) is 0 Å². The lowest BCUT2D eigenvalue weighted by atomic mass is 10.1. The summed E-state index contributed by atoms with van der Waals surface area (Å²) in [6.07, 6.45) is 3.44. The molecule has 0 aliphatic carbocycles. The van der Waals surface area contributed by atoms with E-state index in [1.165, 1.54) is 0 Å². The van der Waals surface area contributed by atoms with Gasteiger partial charge in [-0.25, -0.2) is 4.68 Å². The molecular formula is C15H18N4O. The van der Waals surface area contributed by atoms with Crippen LogP contribution in [0.3, 0.4) is 0 Å². The number of amides is 1. The lowest BCUT2D eigenvalue weighted by molar-refractivity contribution is 0.0630. The number of carbonyl (C=O) groups excluding carboxylic acids is 1. The lowest BCUT2D eigenvalue weighted by Gasteiger charge is -2.37. The Hall–Kier alpha value is -2.14. The van der Waals surface area contributed by atoms with Crippen molar-refractivity contribution in [3.05, 3.63) is 48.3 Å². The first kappa shape index (κ1) is 12.9. The molecule has 1 fully saturated rings. The summed E-state index contributed by atoms with van der Waals surface area (Å²) in [5, 5.41) is 7.48. The molecule has 2 aromatic rings. The van der Waals surface area contributed by atoms with Crippen molar-refractivity contribution >= 4 is 5.91 Å². The van der Waals surface area contributed by atoms with Crippen LogP contribution >= 0.6 is 0 Å². The van der Waals surface area contributed by atoms with Crippen molar-refractivity contribution < 1.29 is 4.79 Å². The van der Waals surface area contributed by atoms with Gasteiger partial charge < -0.3 is 10.2 Å². The zero-order valence-electron chi connectivity index (χ0n) is 11.5. The van der Waals surface area contributed by atoms with E-state index in [2.05, 4.69) is 10.4 Å². The Morgan fingerprint density at radius 1 is 1.40 bits per heavy atom. The first-order chi connectivity index (χ1) is 9.79. The zero-order valence-corrected chi connectivity index (χ0v) is 11.5. The maximum Gasteiger partial charge on any atom is 0.257 e. The summed E-state index contributed by atoms with van der Waals surface area (Å²) in [7, 11) is 0. The van der Waals surface area contributed by atoms with Crippen LogP contribution in [0.5, 0.6) is 0 Å². The van der Waals surface area contributed by atoms with Crippen LogP contribution < -0.4 is 5.32 Å². The number of nitrogens with one attached hydrogen (secondary N) is 1. The Morgan fingerprint density at radius 2 is 2.15 bits per heavy atom. The van der Waals surface area contributed by atoms with Crippen LogP contribution in [0.1, 0.15) is 17.3 Å². The van der Waals surface area contributed by atoms with Crippen molar-refractivity contribution in [2.45, 2.75) is 13.0 Å². The molecule has 1 amide bonds. The maximum atomic E-state index is 12.5. The van der Waals surface area contributed by atoms with Crippen molar-refractivity contribution in [1.29, 1.82) is 0 Å². The second-order valence-electron chi connectivity index (χ2n) is 4.91. The monoisotopic (exact) mass is 270 g/mol. The summed E-state index contributed by atoms with van der Waals surface area (Å²) in [4.78, 5) is 14.4. The molecule has 1 aromatic heterocycles. The number of likely N-dealkylation sites (N-methyl/N-ethyl adjacent to an activating group) is 1. The van der Waals surface area contributed by atoms with Gasteiger partial charge in [0.2, 0.25) is 0 Å². The molecule has 0 saturated carbocycles. The van der Waals surface area contributed by atoms with E-state index < -0.39 is 0 Å². The third-order valence-corrected chi connectivity index (χ3v) is 3.65. The van der Waals surface area contributed by atoms with E-state index in [9.17, 15) is 4.79 Å². The molecule has 3 rings (SSSR count). The Labute approximate surface area is 118 Å². The van der Waals surface area contributed by atoms with E-state index in [0.29, 0.717) is 11.6 Å². The minimum Gasteiger partial charge on any atom is -0.333 e. The van der Waals surface area contributed by atoms with Gasteiger partial charge in [-0.05, 0) is 19.1 Å². The van der Waals surface area contributed by atoms with E-state index in [1.807, 2.05) is 42.2 Å². The summed E-state index contributed by atoms with van der Waals surface area (Å²) < 4.78 is 1.74. The van der Waals surface area contributed by atoms with Gasteiger partial charge in [0, 0.05) is 25.8 Å². The van der Waals surface area contributed by atoms with Gasteiger partial charge in [0.1, 0.15) is 0 Å². The molecule has 5 heteroatoms. The van der Waals surface area contributed by atoms with Gasteiger partial charge in [0.05, 0.1) is 23.5 Å². The quantitative estimate of drug-likeness (QED) is 0.911. The van der Waals surface area contributed by atoms with Crippen LogP contribution in [0.25, 0.3) is 5.69 Å². The Kier molecular flexibility index (Phi) is 3.52. The van der Waals surface area contributed by atoms with Crippen molar-refractivity contribution in [3.63, 3.8) is 0 Å². The number of hydrogen-bond acceptors (Lipinski definition) is 3. The van der Waals surface area contributed by atoms with E-state index in [0.717, 1.165) is 25.3 Å². The molecule has 1 N–H and O–H groups in total. The number of rotatable bonds is 4. The zero-order chi connectivity index (χ0) is 13.9. The highest BCUT2D eigenvalue weighted by atomic mass is 16.2. The third-order valence-electron chi connectivity index (χ3n) is 3.65. The average Bonchev–Trinajstić information content (AvgIpc) is 2.92. The second-order valence-corrected chi connectivity index (χ2v) is 4.91. The molecule has 0 atom stereocenters. The highest BCUT2D eigenvalue weighted by Gasteiger charge is 2.28. The summed E-state index contributed by atoms with van der Waals surface area (Å²) >= 11 is 0. The Balaban J connectivity index is 1.80. The number of nitrogens with zero attached hydrogens (tertiary/aromatic N) is 3. The summed E-state index contributed by atoms with van der Waals surface area (Å²) in [6, 6.07) is 10.1. The highest BCUT2D eigenvalue weighted by Crippen LogP contribution is 2.13. The van der Waals surface area contributed by atoms with Crippen molar-refractivity contribution in [1.82, 2.24) is 20.0 Å². The predicted octanol–water partition coefficient (Wildman–Crippen LogP) is 1.31. The van der Waals surface area contributed by atoms with E-state index in [1.54, 1.807) is 17.1 Å². The number of aromatic nitrogens is 2. The van der Waals surface area contributed by atoms with Gasteiger partial charge >= 0.3 is 0 Å². The first-order valence-corrected chi connectivity index (χ1v) is 6.91. The van der Waals surface area contributed by atoms with Crippen molar-refractivity contribution in [2.24, 2.45) is 0 Å². The fraction of sp³-hybridized carbons (Fsp3) is 0.333. The smallest absolute Gasteiger partial charge is 0.257 e. The van der Waals surface area contributed by atoms with Crippen molar-refractivity contribution in [2.75, 3.05) is 19.6 Å². The third kappa shape index (κ3) is 2.32. The molecule has 20 heavy (non-hydrogen) atoms. The number of carbonyl (C=O) groups is 1. The first-order valence-electron chi connectivity index (χ1n) is 6.91. The molecular weight excluding hydrogens is 252 g/mol. The largest absolute Gasteiger partial charge is 0.333 e. The fourth-order valence-corrected chi connectivity index (χ4v) is 2.38. The van der Waals surface area contributed by atoms with Crippen LogP contribution in [0, 0.1) is 0 Å². The molecule has 1 aliphatic rings. The number of hydrogen-bond donors (Lipinski definition) is 1. The summed E-state index contributed by atoms with van der Waals surface area (Å²) in [5.41, 5.74) is 1.60. The van der Waals surface area contributed by atoms with Gasteiger partial charge in [-0.15, -0.1) is 0 Å². The molecule has 104 valence electrons. The van der Waals surface area contributed by atoms with Gasteiger partial charge in [-0.2, -0.15) is 5.10 Å². The lowest BCUT2D eigenvalue weighted by Crippen LogP contribution is -2.58. The fourth-order valence-electron chi connectivity index (χ4n) is 2.38. The molecule has 0 radical (unpaired) electrons. The molecule has 0 unspecified atom stereocenters. The molecule has 1 saturated heterocycles. The molecule has 0 spiro atoms. The molecule has 5 nitrogen and oxygen atoms in total. The second kappa shape index (κ2) is 5.46. The predicted molar refractivity (Wildman–Crippen MR) is 76.9 cm³/mol. The Bertz CT molecular complexity index is 589. The normalized spacial score (nSPS) is 14.8. The van der Waals surface area contributed by atoms with Gasteiger partial charge in [0.15, 0.2) is 0 Å². The van der Waals surface area contributed by atoms with Crippen LogP contribution in [0.4, 0.5) is 0 Å². The Morgan fingerprint density at radius 3 is 2.75 bits per heavy atom. The van der Waals surface area contributed by atoms with E-state index >= 15 is 0 Å². The number of benzene rings is 1. The summed E-state index contributed by atoms with van der Waals surface area (Å²) in [5.74, 6) is 0.0566. The van der Waals surface area contributed by atoms with E-state index in [-0.39, 0.29) is 5.91 Å². The average molecular weight is 270 g/mol. The summed E-state index contributed by atoms with van der Waals surface area (Å²) in [6.45, 7) is 4.50. The standard InChI is InChI=1S/C15H18N4O/c1-2-18(14-9-16-10-14)15(20)12-8-17-19(11-12)13-6-4-3-5-7-13/h3-8,11,14,16H,2,9-10H2,1H3. The molecule has 1 aromatic carbocycles. The van der Waals surface area contributed by atoms with Gasteiger partial charge in [-0.3, -0.25) is 4.79 Å². The molecule has 1 aliphatic heterocycles. The minimum absolute atomic E-state index is 0.0566. The van der Waals surface area contributed by atoms with Crippen molar-refractivity contribution in [3.8, 4) is 5.69 Å². The van der Waals surface area contributed by atoms with Gasteiger partial charge in [-0.1, -0.05) is 18.2 Å². The molecule has 2 heterocycles. The number of para-hydroxylation sites is 1. The molecule has 0 bridgehead atoms. The van der Waals surface area contributed by atoms with Crippen LogP contribution in [-0.4, -0.2) is 46.3 Å². The highest BCUT2D eigenvalue weighted by molar-refractivity contribution is 5.94. The SMILES string of the molecule is CCN(C(=O)c1cnn(-c2ccccc2)c1)C1CNC1. The minimum atomic E-state index is 0.0566.